The molecule has 3 saturated heterocycles. The summed E-state index contributed by atoms with van der Waals surface area (Å²) in [4.78, 5) is 63.9. The predicted octanol–water partition coefficient (Wildman–Crippen LogP) is 14.2. The van der Waals surface area contributed by atoms with Crippen LogP contribution in [-0.2, 0) is 80.4 Å². The number of hydrogen-bond acceptors (Lipinski definition) is 25. The number of rotatable bonds is 23. The summed E-state index contributed by atoms with van der Waals surface area (Å²) in [5.74, 6) is 5.21. The molecule has 0 saturated carbocycles. The number of aliphatic hydroxyl groups excluding tert-OH is 3. The van der Waals surface area contributed by atoms with Crippen LogP contribution >= 0.6 is 60.2 Å². The minimum absolute atomic E-state index is 0. The third-order valence-electron chi connectivity index (χ3n) is 18.8. The maximum Gasteiger partial charge on any atom is 1.00 e. The fourth-order valence-electron chi connectivity index (χ4n) is 11.5. The Kier molecular flexibility index (Phi) is 63.3. The summed E-state index contributed by atoms with van der Waals surface area (Å²) in [5, 5.41) is 52.3. The van der Waals surface area contributed by atoms with Crippen molar-refractivity contribution < 1.29 is 235 Å². The number of allylic oxidation sites excluding steroid dienone is 1. The first kappa shape index (κ1) is 121. The van der Waals surface area contributed by atoms with Crippen LogP contribution in [0.1, 0.15) is 183 Å². The van der Waals surface area contributed by atoms with Crippen molar-refractivity contribution in [3.63, 3.8) is 0 Å². The molecule has 0 aliphatic carbocycles. The van der Waals surface area contributed by atoms with Gasteiger partial charge in [0.1, 0.15) is 89.0 Å². The Bertz CT molecular complexity index is 5000. The SMILES string of the molecule is C.C.C1=COCCC1.CC1(C)OB(c2ccc(Oc3ccc(C=O)cc3)cc2COC2CCCCO2)OC1(C)C.CCO.Cl.O=CO[O-].O=Cc1ccc(F)cc1.O=Cc1ccc(Oc2ccc(Br)c(CO)c2)cc1.O=Cc1ccc(Oc2ccc(Br)c(COC3CCCCO3)c2)cc1.O=Cc1ccc(Oc2ccc3c(c2)COB3O)cc1.OCc1cc(O)ccc1Br.[2H]CF.[H-].[K+].[K+]. The van der Waals surface area contributed by atoms with Crippen LogP contribution in [0.4, 0.5) is 8.78 Å². The van der Waals surface area contributed by atoms with Crippen LogP contribution in [0.15, 0.2) is 238 Å². The van der Waals surface area contributed by atoms with Crippen LogP contribution in [0.2, 0.25) is 0 Å². The molecule has 0 amide bonds. The molecule has 0 spiro atoms. The number of alkyl halides is 1. The third-order valence-corrected chi connectivity index (χ3v) is 21.1. The van der Waals surface area contributed by atoms with Gasteiger partial charge in [-0.25, -0.2) is 4.39 Å². The van der Waals surface area contributed by atoms with Crippen molar-refractivity contribution in [2.75, 3.05) is 33.6 Å². The number of phenolic OH excluding ortho intramolecular Hbond substituents is 1. The summed E-state index contributed by atoms with van der Waals surface area (Å²) < 4.78 is 99.2. The summed E-state index contributed by atoms with van der Waals surface area (Å²) >= 11 is 10.1. The molecule has 2 unspecified atom stereocenters. The Balaban J connectivity index is 0.00000157. The van der Waals surface area contributed by atoms with Crippen molar-refractivity contribution in [3.05, 3.63) is 300 Å². The maximum atomic E-state index is 12.1. The van der Waals surface area contributed by atoms with Gasteiger partial charge in [0.25, 0.3) is 6.47 Å². The molecule has 5 N–H and O–H groups in total. The van der Waals surface area contributed by atoms with Gasteiger partial charge in [0, 0.05) is 61.1 Å². The summed E-state index contributed by atoms with van der Waals surface area (Å²) in [5.41, 5.74) is 8.09. The monoisotopic (exact) mass is 2090 g/mol. The number of carbonyl (C=O) groups excluding carboxylic acids is 6. The van der Waals surface area contributed by atoms with Gasteiger partial charge in [-0.05, 0) is 331 Å². The second-order valence-corrected chi connectivity index (χ2v) is 31.1. The van der Waals surface area contributed by atoms with Gasteiger partial charge in [-0.15, -0.1) is 12.4 Å². The van der Waals surface area contributed by atoms with Crippen LogP contribution in [0.25, 0.3) is 0 Å². The van der Waals surface area contributed by atoms with E-state index in [1.807, 2.05) is 82.3 Å². The van der Waals surface area contributed by atoms with Crippen LogP contribution in [0.5, 0.6) is 51.7 Å². The smallest absolute Gasteiger partial charge is 1.00 e. The largest absolute Gasteiger partial charge is 1.00 e. The van der Waals surface area contributed by atoms with Crippen molar-refractivity contribution in [1.29, 1.82) is 0 Å². The van der Waals surface area contributed by atoms with E-state index in [-0.39, 0.29) is 182 Å². The number of fused-ring (bicyclic) bond motifs is 1. The first-order chi connectivity index (χ1) is 61.8. The Morgan fingerprint density at radius 2 is 0.841 bits per heavy atom. The van der Waals surface area contributed by atoms with E-state index in [1.165, 1.54) is 43.2 Å². The zero-order chi connectivity index (χ0) is 93.1. The fourth-order valence-corrected chi connectivity index (χ4v) is 12.6. The molecule has 2 atom stereocenters. The Morgan fingerprint density at radius 1 is 0.500 bits per heavy atom. The van der Waals surface area contributed by atoms with Crippen molar-refractivity contribution in [2.45, 2.75) is 158 Å². The van der Waals surface area contributed by atoms with Crippen LogP contribution in [-0.4, -0.2) is 135 Å². The van der Waals surface area contributed by atoms with E-state index in [0.29, 0.717) is 99.7 Å². The number of carbonyl (C=O) groups is 6. The number of aliphatic hydroxyl groups is 3. The molecule has 10 aromatic rings. The molecule has 700 valence electrons. The number of aromatic hydroxyl groups is 1. The summed E-state index contributed by atoms with van der Waals surface area (Å²) in [6.07, 6.45) is 16.0. The molecule has 5 aliphatic heterocycles. The quantitative estimate of drug-likeness (QED) is 0.0172. The molecule has 35 heteroatoms. The molecule has 10 aromatic carbocycles. The van der Waals surface area contributed by atoms with Gasteiger partial charge in [0.2, 0.25) is 0 Å². The third kappa shape index (κ3) is 44.5. The molecule has 3 fully saturated rings. The molecule has 0 bridgehead atoms. The number of benzene rings is 10. The zero-order valence-corrected chi connectivity index (χ0v) is 84.9. The van der Waals surface area contributed by atoms with E-state index in [0.717, 1.165) is 136 Å². The molecule has 5 heterocycles. The average Bonchev–Trinajstić information content (AvgIpc) is 1.61. The summed E-state index contributed by atoms with van der Waals surface area (Å²) in [6.45, 7) is 13.4. The second-order valence-electron chi connectivity index (χ2n) is 28.5. The van der Waals surface area contributed by atoms with Gasteiger partial charge in [-0.1, -0.05) is 74.8 Å². The molecule has 0 aromatic heterocycles. The van der Waals surface area contributed by atoms with Crippen molar-refractivity contribution >= 4 is 123 Å². The van der Waals surface area contributed by atoms with Gasteiger partial charge < -0.3 is 93.6 Å². The second kappa shape index (κ2) is 69.0. The van der Waals surface area contributed by atoms with Crippen LogP contribution in [0, 0.1) is 5.82 Å². The van der Waals surface area contributed by atoms with Gasteiger partial charge >= 0.3 is 117 Å². The summed E-state index contributed by atoms with van der Waals surface area (Å²) in [7, 11) is -2.33. The molecular formula is C97H112B2Br3ClF2K2O25. The Hall–Kier alpha value is -6.93. The number of hydrogen-bond donors (Lipinski definition) is 5. The molecular weight excluding hydrogens is 1980 g/mol. The number of halogens is 6. The number of aldehydes is 5. The summed E-state index contributed by atoms with van der Waals surface area (Å²) in [6, 6.07) is 60.3. The van der Waals surface area contributed by atoms with E-state index in [9.17, 15) is 37.8 Å². The Morgan fingerprint density at radius 3 is 1.18 bits per heavy atom. The Labute approximate surface area is 891 Å². The predicted molar refractivity (Wildman–Crippen MR) is 506 cm³/mol. The first-order valence-electron chi connectivity index (χ1n) is 40.7. The normalized spacial score (nSPS) is 14.5. The molecule has 132 heavy (non-hydrogen) atoms. The molecule has 0 radical (unpaired) electrons. The fraction of sp³-hybridized carbons (Fsp3) is 0.299. The average molecular weight is 2090 g/mol. The zero-order valence-electron chi connectivity index (χ0n) is 75.1. The minimum atomic E-state index is -1.00. The van der Waals surface area contributed by atoms with Crippen LogP contribution < -0.4 is 138 Å². The van der Waals surface area contributed by atoms with Crippen molar-refractivity contribution in [1.82, 2.24) is 0 Å². The van der Waals surface area contributed by atoms with Crippen LogP contribution in [0.3, 0.4) is 0 Å². The van der Waals surface area contributed by atoms with E-state index in [2.05, 4.69) is 52.7 Å². The van der Waals surface area contributed by atoms with Gasteiger partial charge in [0.05, 0.1) is 65.6 Å². The molecule has 15 rings (SSSR count). The van der Waals surface area contributed by atoms with E-state index in [1.54, 1.807) is 147 Å². The maximum absolute atomic E-state index is 12.1. The number of phenols is 1. The van der Waals surface area contributed by atoms with Gasteiger partial charge in [0.15, 0.2) is 12.6 Å². The number of ether oxygens (including phenoxy) is 9. The molecule has 5 aliphatic rings. The van der Waals surface area contributed by atoms with Gasteiger partial charge in [-0.3, -0.25) is 33.2 Å². The minimum Gasteiger partial charge on any atom is -1.00 e. The van der Waals surface area contributed by atoms with E-state index in [4.69, 9.17) is 88.4 Å². The topological polar surface area (TPSA) is 347 Å². The molecule has 25 nitrogen and oxygen atoms in total. The van der Waals surface area contributed by atoms with E-state index < -0.39 is 32.6 Å². The first-order valence-corrected chi connectivity index (χ1v) is 42.4. The van der Waals surface area contributed by atoms with Crippen molar-refractivity contribution in [2.24, 2.45) is 0 Å². The van der Waals surface area contributed by atoms with Gasteiger partial charge in [-0.2, -0.15) is 0 Å². The standard InChI is InChI=1S/C25H31BO6.C19H19BrO4.C14H11BO4.C14H11BrO3.C7H7BrO2.C7H5FO.C5H8O.C2H6O.CH3F.CH2O3.2CH4.ClH.2K.H/c1-24(2)25(3,4)32-26(31-24)22-13-12-21(30-20-10-8-18(16-27)9-11-20)15-19(22)17-29-23-7-5-6-14-28-23;20-18-9-8-17(24-16-6-4-14(12-21)5-7-16)11-15(18)13-23-19-3-1-2-10-22-19;16-8-10-1-3-12(4-2-10)19-13-5-6-14-11(7-13)9-18-15(14)17;15-14-6-5-13(7-11(14)9-17)18-12-3-1-10(8-16)2-4-12;8-7-2-1-6(10)3-5(7)4-9;8-7-3-1-6(5-9)2-4-7;1-2-4-6-5-3-1;1-2-3;1-2;2-1-4-3;;;;;;/h8-13,15-16,23H,5-7,14,17H2,1-4H3;4-9,11-12,19H,1-3,10,13H2;1-8,17H,9H2;1-8,17H,9H2;1-3,9-10H,4H2;1-5H;2,4H,1,3,5H2;3H,2H2,1H3;1H3;1,3H;2*1H4;1H;;;/q;;;;;;;;;;;;;2*+1;-1/p-1/i;;;;;;;;1D;;;;;;;. The van der Waals surface area contributed by atoms with E-state index >= 15 is 0 Å². The van der Waals surface area contributed by atoms with Crippen molar-refractivity contribution in [3.8, 4) is 51.7 Å².